The molecule has 1 N–H and O–H groups in total. The number of amides is 5. The summed E-state index contributed by atoms with van der Waals surface area (Å²) in [6, 6.07) is 1.50. The lowest BCUT2D eigenvalue weighted by Gasteiger charge is -2.40. The highest BCUT2D eigenvalue weighted by Gasteiger charge is 2.55. The minimum Gasteiger partial charge on any atom is -0.334 e. The summed E-state index contributed by atoms with van der Waals surface area (Å²) in [4.78, 5) is 41.6. The number of hydrogen-bond donors (Lipinski definition) is 1. The number of hydrogen-bond acceptors (Lipinski definition) is 4. The van der Waals surface area contributed by atoms with E-state index in [2.05, 4.69) is 10.4 Å². The molecule has 148 valence electrons. The number of aryl methyl sites for hydroxylation is 2. The number of carbonyl (C=O) groups excluding carboxylic acids is 3. The van der Waals surface area contributed by atoms with Crippen molar-refractivity contribution in [2.45, 2.75) is 51.7 Å². The lowest BCUT2D eigenvalue weighted by Crippen LogP contribution is -2.58. The Morgan fingerprint density at radius 1 is 1.26 bits per heavy atom. The highest BCUT2D eigenvalue weighted by atomic mass is 16.2. The van der Waals surface area contributed by atoms with Crippen LogP contribution in [0, 0.1) is 13.8 Å². The molecule has 0 radical (unpaired) electrons. The lowest BCUT2D eigenvalue weighted by atomic mass is 9.86. The van der Waals surface area contributed by atoms with E-state index in [0.717, 1.165) is 11.4 Å². The topological polar surface area (TPSA) is 90.8 Å². The van der Waals surface area contributed by atoms with E-state index in [4.69, 9.17) is 0 Å². The zero-order valence-corrected chi connectivity index (χ0v) is 16.7. The second-order valence-electron chi connectivity index (χ2n) is 7.68. The first-order chi connectivity index (χ1) is 12.7. The highest BCUT2D eigenvalue weighted by molar-refractivity contribution is 6.06. The van der Waals surface area contributed by atoms with Gasteiger partial charge in [-0.3, -0.25) is 14.4 Å². The smallest absolute Gasteiger partial charge is 0.327 e. The van der Waals surface area contributed by atoms with Gasteiger partial charge in [0.2, 0.25) is 0 Å². The van der Waals surface area contributed by atoms with Crippen molar-refractivity contribution in [3.05, 3.63) is 17.5 Å². The van der Waals surface area contributed by atoms with Gasteiger partial charge < -0.3 is 15.1 Å². The van der Waals surface area contributed by atoms with Gasteiger partial charge in [-0.2, -0.15) is 5.10 Å². The number of piperidine rings is 1. The van der Waals surface area contributed by atoms with Gasteiger partial charge in [-0.1, -0.05) is 0 Å². The molecule has 3 heterocycles. The normalized spacial score (nSPS) is 20.6. The van der Waals surface area contributed by atoms with Crippen molar-refractivity contribution >= 4 is 18.0 Å². The maximum atomic E-state index is 12.6. The van der Waals surface area contributed by atoms with E-state index in [9.17, 15) is 14.4 Å². The quantitative estimate of drug-likeness (QED) is 0.796. The van der Waals surface area contributed by atoms with Crippen molar-refractivity contribution in [1.82, 2.24) is 29.8 Å². The molecule has 2 saturated heterocycles. The molecule has 0 bridgehead atoms. The van der Waals surface area contributed by atoms with E-state index in [1.165, 1.54) is 16.8 Å². The van der Waals surface area contributed by atoms with Crippen LogP contribution in [-0.4, -0.2) is 81.2 Å². The molecule has 3 rings (SSSR count). The van der Waals surface area contributed by atoms with Crippen LogP contribution in [0.3, 0.4) is 0 Å². The largest absolute Gasteiger partial charge is 0.334 e. The first-order valence-electron chi connectivity index (χ1n) is 9.28. The number of likely N-dealkylation sites (N-methyl/N-ethyl adjacent to an activating group) is 2. The maximum absolute atomic E-state index is 12.6. The molecule has 0 aromatic carbocycles. The molecule has 1 aromatic heterocycles. The predicted octanol–water partition coefficient (Wildman–Crippen LogP) is 0.956. The van der Waals surface area contributed by atoms with Crippen LogP contribution < -0.4 is 5.32 Å². The van der Waals surface area contributed by atoms with E-state index in [1.54, 1.807) is 11.9 Å². The van der Waals surface area contributed by atoms with E-state index >= 15 is 0 Å². The number of likely N-dealkylation sites (tertiary alicyclic amines) is 1. The summed E-state index contributed by atoms with van der Waals surface area (Å²) in [7, 11) is 3.17. The summed E-state index contributed by atoms with van der Waals surface area (Å²) in [6.07, 6.45) is 0.912. The van der Waals surface area contributed by atoms with Crippen LogP contribution in [0.4, 0.5) is 9.59 Å². The highest BCUT2D eigenvalue weighted by Crippen LogP contribution is 2.35. The van der Waals surface area contributed by atoms with Gasteiger partial charge in [-0.25, -0.2) is 9.59 Å². The van der Waals surface area contributed by atoms with Crippen molar-refractivity contribution in [2.24, 2.45) is 0 Å². The fraction of sp³-hybridized carbons (Fsp3) is 0.667. The third kappa shape index (κ3) is 3.26. The lowest BCUT2D eigenvalue weighted by molar-refractivity contribution is -0.134. The van der Waals surface area contributed by atoms with Gasteiger partial charge in [0.25, 0.3) is 5.91 Å². The van der Waals surface area contributed by atoms with E-state index in [1.807, 2.05) is 31.5 Å². The average molecular weight is 376 g/mol. The minimum atomic E-state index is -0.808. The number of nitrogens with zero attached hydrogens (tertiary/aromatic N) is 5. The average Bonchev–Trinajstić information content (AvgIpc) is 3.01. The van der Waals surface area contributed by atoms with Crippen molar-refractivity contribution in [1.29, 1.82) is 0 Å². The Morgan fingerprint density at radius 2 is 1.89 bits per heavy atom. The van der Waals surface area contributed by atoms with Gasteiger partial charge in [0.15, 0.2) is 0 Å². The Kier molecular flexibility index (Phi) is 4.88. The second-order valence-corrected chi connectivity index (χ2v) is 7.68. The molecule has 1 aromatic rings. The van der Waals surface area contributed by atoms with Crippen LogP contribution in [-0.2, 0) is 11.3 Å². The number of nitrogens with one attached hydrogen (secondary N) is 1. The Labute approximate surface area is 159 Å². The SMILES string of the molecule is Cc1cc(C)n(C[C@H](C)NC(=O)N2CCC3(CC2)C(=O)N(C)C(=O)N3C)n1. The van der Waals surface area contributed by atoms with Crippen LogP contribution >= 0.6 is 0 Å². The summed E-state index contributed by atoms with van der Waals surface area (Å²) >= 11 is 0. The van der Waals surface area contributed by atoms with Gasteiger partial charge in [-0.05, 0) is 39.7 Å². The van der Waals surface area contributed by atoms with E-state index < -0.39 is 5.54 Å². The molecule has 2 aliphatic heterocycles. The fourth-order valence-electron chi connectivity index (χ4n) is 4.05. The molecule has 9 nitrogen and oxygen atoms in total. The molecular formula is C18H28N6O3. The van der Waals surface area contributed by atoms with Crippen LogP contribution in [0.1, 0.15) is 31.2 Å². The number of aromatic nitrogens is 2. The zero-order valence-electron chi connectivity index (χ0n) is 16.7. The second kappa shape index (κ2) is 6.86. The molecule has 1 atom stereocenters. The Hall–Kier alpha value is -2.58. The summed E-state index contributed by atoms with van der Waals surface area (Å²) in [6.45, 7) is 7.36. The van der Waals surface area contributed by atoms with Crippen LogP contribution in [0.5, 0.6) is 0 Å². The monoisotopic (exact) mass is 376 g/mol. The third-order valence-electron chi connectivity index (χ3n) is 5.72. The zero-order chi connectivity index (χ0) is 19.9. The number of carbonyl (C=O) groups is 3. The van der Waals surface area contributed by atoms with Crippen molar-refractivity contribution in [3.8, 4) is 0 Å². The van der Waals surface area contributed by atoms with Gasteiger partial charge in [0, 0.05) is 38.9 Å². The fourth-order valence-corrected chi connectivity index (χ4v) is 4.05. The van der Waals surface area contributed by atoms with Crippen molar-refractivity contribution in [2.75, 3.05) is 27.2 Å². The predicted molar refractivity (Wildman–Crippen MR) is 99.2 cm³/mol. The van der Waals surface area contributed by atoms with E-state index in [0.29, 0.717) is 32.5 Å². The molecule has 2 aliphatic rings. The Bertz CT molecular complexity index is 765. The molecule has 5 amide bonds. The number of urea groups is 2. The molecule has 9 heteroatoms. The van der Waals surface area contributed by atoms with Crippen molar-refractivity contribution in [3.63, 3.8) is 0 Å². The Morgan fingerprint density at radius 3 is 2.37 bits per heavy atom. The molecule has 2 fully saturated rings. The Balaban J connectivity index is 1.56. The summed E-state index contributed by atoms with van der Waals surface area (Å²) in [5.41, 5.74) is 1.21. The van der Waals surface area contributed by atoms with Crippen LogP contribution in [0.25, 0.3) is 0 Å². The standard InChI is InChI=1S/C18H28N6O3/c1-12-10-14(3)24(20-12)11-13(2)19-16(26)23-8-6-18(7-9-23)15(25)21(4)17(27)22(18)5/h10,13H,6-9,11H2,1-5H3,(H,19,26)/t13-/m0/s1. The van der Waals surface area contributed by atoms with Crippen LogP contribution in [0.15, 0.2) is 6.07 Å². The van der Waals surface area contributed by atoms with Gasteiger partial charge in [0.1, 0.15) is 5.54 Å². The molecule has 0 aliphatic carbocycles. The van der Waals surface area contributed by atoms with E-state index in [-0.39, 0.29) is 24.0 Å². The maximum Gasteiger partial charge on any atom is 0.327 e. The van der Waals surface area contributed by atoms with Crippen LogP contribution in [0.2, 0.25) is 0 Å². The number of rotatable bonds is 3. The minimum absolute atomic E-state index is 0.0742. The number of imide groups is 1. The van der Waals surface area contributed by atoms with Crippen molar-refractivity contribution < 1.29 is 14.4 Å². The first-order valence-corrected chi connectivity index (χ1v) is 9.28. The summed E-state index contributed by atoms with van der Waals surface area (Å²) in [5, 5.41) is 7.42. The molecule has 0 saturated carbocycles. The van der Waals surface area contributed by atoms with Gasteiger partial charge in [0.05, 0.1) is 12.2 Å². The molecule has 27 heavy (non-hydrogen) atoms. The summed E-state index contributed by atoms with van der Waals surface area (Å²) < 4.78 is 1.89. The first kappa shape index (κ1) is 19.2. The van der Waals surface area contributed by atoms with Gasteiger partial charge >= 0.3 is 12.1 Å². The summed E-state index contributed by atoms with van der Waals surface area (Å²) in [5.74, 6) is -0.173. The molecule has 0 unspecified atom stereocenters. The van der Waals surface area contributed by atoms with Gasteiger partial charge in [-0.15, -0.1) is 0 Å². The molecule has 1 spiro atoms. The molecular weight excluding hydrogens is 348 g/mol. The third-order valence-corrected chi connectivity index (χ3v) is 5.72.